The molecule has 6 nitrogen and oxygen atoms in total. The number of hydrogen-bond donors (Lipinski definition) is 1. The summed E-state index contributed by atoms with van der Waals surface area (Å²) in [5, 5.41) is 9.26. The molecule has 1 aliphatic rings. The van der Waals surface area contributed by atoms with Crippen LogP contribution in [0.4, 0.5) is 5.82 Å². The standard InChI is InChI=1S/C15H20N2O4/c1-3-21-13(18)11-5-4-8-16-12(11)17-9-6-15(2,7-10-17)14(19)20/h4-5,8H,3,6-7,9-10H2,1-2H3,(H,19,20). The van der Waals surface area contributed by atoms with Crippen LogP contribution in [0, 0.1) is 5.41 Å². The van der Waals surface area contributed by atoms with Gasteiger partial charge in [-0.2, -0.15) is 0 Å². The van der Waals surface area contributed by atoms with Gasteiger partial charge in [0, 0.05) is 19.3 Å². The number of pyridine rings is 1. The Bertz CT molecular complexity index is 536. The molecule has 2 rings (SSSR count). The highest BCUT2D eigenvalue weighted by Crippen LogP contribution is 2.33. The van der Waals surface area contributed by atoms with Gasteiger partial charge in [0.05, 0.1) is 12.0 Å². The van der Waals surface area contributed by atoms with Crippen molar-refractivity contribution in [1.82, 2.24) is 4.98 Å². The first-order valence-electron chi connectivity index (χ1n) is 7.08. The number of carboxylic acids is 1. The van der Waals surface area contributed by atoms with Gasteiger partial charge in [0.25, 0.3) is 0 Å². The molecule has 1 N–H and O–H groups in total. The van der Waals surface area contributed by atoms with Crippen molar-refractivity contribution in [2.45, 2.75) is 26.7 Å². The Balaban J connectivity index is 2.17. The Kier molecular flexibility index (Phi) is 4.45. The van der Waals surface area contributed by atoms with Crippen LogP contribution in [0.3, 0.4) is 0 Å². The van der Waals surface area contributed by atoms with Crippen LogP contribution in [0.5, 0.6) is 0 Å². The number of carbonyl (C=O) groups is 2. The van der Waals surface area contributed by atoms with Crippen molar-refractivity contribution >= 4 is 17.8 Å². The van der Waals surface area contributed by atoms with Crippen LogP contribution < -0.4 is 4.90 Å². The zero-order valence-corrected chi connectivity index (χ0v) is 12.3. The Labute approximate surface area is 123 Å². The van der Waals surface area contributed by atoms with E-state index in [9.17, 15) is 14.7 Å². The largest absolute Gasteiger partial charge is 0.481 e. The maximum Gasteiger partial charge on any atom is 0.341 e. The van der Waals surface area contributed by atoms with Gasteiger partial charge in [-0.25, -0.2) is 9.78 Å². The summed E-state index contributed by atoms with van der Waals surface area (Å²) in [5.74, 6) is -0.593. The van der Waals surface area contributed by atoms with E-state index in [-0.39, 0.29) is 0 Å². The van der Waals surface area contributed by atoms with E-state index in [1.54, 1.807) is 32.2 Å². The smallest absolute Gasteiger partial charge is 0.341 e. The number of aromatic nitrogens is 1. The highest BCUT2D eigenvalue weighted by Gasteiger charge is 2.37. The van der Waals surface area contributed by atoms with E-state index in [0.29, 0.717) is 43.9 Å². The first-order chi connectivity index (χ1) is 9.98. The fourth-order valence-corrected chi connectivity index (χ4v) is 2.44. The van der Waals surface area contributed by atoms with Gasteiger partial charge in [0.2, 0.25) is 0 Å². The summed E-state index contributed by atoms with van der Waals surface area (Å²) < 4.78 is 5.04. The summed E-state index contributed by atoms with van der Waals surface area (Å²) in [4.78, 5) is 29.5. The van der Waals surface area contributed by atoms with E-state index < -0.39 is 17.4 Å². The number of carboxylic acid groups (broad SMARTS) is 1. The highest BCUT2D eigenvalue weighted by molar-refractivity contribution is 5.94. The van der Waals surface area contributed by atoms with Crippen molar-refractivity contribution in [3.63, 3.8) is 0 Å². The number of ether oxygens (including phenoxy) is 1. The molecule has 0 saturated carbocycles. The monoisotopic (exact) mass is 292 g/mol. The maximum absolute atomic E-state index is 12.0. The summed E-state index contributed by atoms with van der Waals surface area (Å²) >= 11 is 0. The van der Waals surface area contributed by atoms with Crippen LogP contribution in [0.1, 0.15) is 37.0 Å². The number of carbonyl (C=O) groups excluding carboxylic acids is 1. The normalized spacial score (nSPS) is 17.3. The molecule has 1 aromatic heterocycles. The predicted octanol–water partition coefficient (Wildman–Crippen LogP) is 1.95. The fraction of sp³-hybridized carbons (Fsp3) is 0.533. The number of piperidine rings is 1. The Morgan fingerprint density at radius 3 is 2.67 bits per heavy atom. The lowest BCUT2D eigenvalue weighted by molar-refractivity contribution is -0.149. The Hall–Kier alpha value is -2.11. The van der Waals surface area contributed by atoms with Crippen molar-refractivity contribution in [2.75, 3.05) is 24.6 Å². The molecule has 0 spiro atoms. The molecule has 2 heterocycles. The van der Waals surface area contributed by atoms with Crippen molar-refractivity contribution in [3.05, 3.63) is 23.9 Å². The summed E-state index contributed by atoms with van der Waals surface area (Å²) in [7, 11) is 0. The molecular weight excluding hydrogens is 272 g/mol. The van der Waals surface area contributed by atoms with Gasteiger partial charge in [-0.1, -0.05) is 0 Å². The minimum atomic E-state index is -0.770. The summed E-state index contributed by atoms with van der Waals surface area (Å²) in [6, 6.07) is 3.38. The molecule has 6 heteroatoms. The van der Waals surface area contributed by atoms with Crippen LogP contribution in [0.25, 0.3) is 0 Å². The van der Waals surface area contributed by atoms with Crippen LogP contribution in [0.15, 0.2) is 18.3 Å². The van der Waals surface area contributed by atoms with E-state index >= 15 is 0 Å². The lowest BCUT2D eigenvalue weighted by Gasteiger charge is -2.37. The summed E-state index contributed by atoms with van der Waals surface area (Å²) in [6.45, 7) is 4.95. The Morgan fingerprint density at radius 2 is 2.10 bits per heavy atom. The first kappa shape index (κ1) is 15.3. The third-order valence-corrected chi connectivity index (χ3v) is 3.96. The molecule has 0 radical (unpaired) electrons. The van der Waals surface area contributed by atoms with Gasteiger partial charge < -0.3 is 14.7 Å². The molecule has 114 valence electrons. The SMILES string of the molecule is CCOC(=O)c1cccnc1N1CCC(C)(C(=O)O)CC1. The minimum Gasteiger partial charge on any atom is -0.481 e. The summed E-state index contributed by atoms with van der Waals surface area (Å²) in [6.07, 6.45) is 2.69. The molecule has 1 aliphatic heterocycles. The third kappa shape index (κ3) is 3.15. The van der Waals surface area contributed by atoms with Crippen LogP contribution in [-0.4, -0.2) is 41.7 Å². The van der Waals surface area contributed by atoms with Crippen molar-refractivity contribution < 1.29 is 19.4 Å². The van der Waals surface area contributed by atoms with Gasteiger partial charge in [-0.05, 0) is 38.8 Å². The zero-order valence-electron chi connectivity index (χ0n) is 12.3. The van der Waals surface area contributed by atoms with Crippen LogP contribution >= 0.6 is 0 Å². The first-order valence-corrected chi connectivity index (χ1v) is 7.08. The van der Waals surface area contributed by atoms with E-state index in [1.807, 2.05) is 4.90 Å². The predicted molar refractivity (Wildman–Crippen MR) is 77.4 cm³/mol. The lowest BCUT2D eigenvalue weighted by Crippen LogP contribution is -2.43. The minimum absolute atomic E-state index is 0.310. The average Bonchev–Trinajstić information content (AvgIpc) is 2.48. The number of aliphatic carboxylic acids is 1. The molecule has 21 heavy (non-hydrogen) atoms. The molecule has 1 saturated heterocycles. The third-order valence-electron chi connectivity index (χ3n) is 3.96. The second-order valence-electron chi connectivity index (χ2n) is 5.45. The molecule has 0 unspecified atom stereocenters. The summed E-state index contributed by atoms with van der Waals surface area (Å²) in [5.41, 5.74) is -0.270. The number of esters is 1. The molecule has 0 amide bonds. The second-order valence-corrected chi connectivity index (χ2v) is 5.45. The van der Waals surface area contributed by atoms with Crippen LogP contribution in [-0.2, 0) is 9.53 Å². The van der Waals surface area contributed by atoms with Gasteiger partial charge in [0.15, 0.2) is 0 Å². The molecule has 0 bridgehead atoms. The van der Waals surface area contributed by atoms with E-state index in [4.69, 9.17) is 4.74 Å². The van der Waals surface area contributed by atoms with E-state index in [1.165, 1.54) is 0 Å². The quantitative estimate of drug-likeness (QED) is 0.854. The molecule has 0 aliphatic carbocycles. The number of hydrogen-bond acceptors (Lipinski definition) is 5. The van der Waals surface area contributed by atoms with Crippen molar-refractivity contribution in [1.29, 1.82) is 0 Å². The van der Waals surface area contributed by atoms with Gasteiger partial charge in [0.1, 0.15) is 11.4 Å². The average molecular weight is 292 g/mol. The molecule has 1 aromatic rings. The maximum atomic E-state index is 12.0. The fourth-order valence-electron chi connectivity index (χ4n) is 2.44. The van der Waals surface area contributed by atoms with Crippen molar-refractivity contribution in [3.8, 4) is 0 Å². The highest BCUT2D eigenvalue weighted by atomic mass is 16.5. The molecular formula is C15H20N2O4. The second kappa shape index (κ2) is 6.11. The Morgan fingerprint density at radius 1 is 1.43 bits per heavy atom. The van der Waals surface area contributed by atoms with E-state index in [2.05, 4.69) is 4.98 Å². The lowest BCUT2D eigenvalue weighted by atomic mass is 9.80. The molecule has 0 aromatic carbocycles. The topological polar surface area (TPSA) is 79.7 Å². The molecule has 1 fully saturated rings. The zero-order chi connectivity index (χ0) is 15.5. The van der Waals surface area contributed by atoms with Crippen LogP contribution in [0.2, 0.25) is 0 Å². The number of rotatable bonds is 4. The van der Waals surface area contributed by atoms with Crippen molar-refractivity contribution in [2.24, 2.45) is 5.41 Å². The molecule has 0 atom stereocenters. The van der Waals surface area contributed by atoms with Gasteiger partial charge in [-0.15, -0.1) is 0 Å². The van der Waals surface area contributed by atoms with E-state index in [0.717, 1.165) is 0 Å². The number of nitrogens with zero attached hydrogens (tertiary/aromatic N) is 2. The van der Waals surface area contributed by atoms with Gasteiger partial charge >= 0.3 is 11.9 Å². The van der Waals surface area contributed by atoms with Gasteiger partial charge in [-0.3, -0.25) is 4.79 Å². The number of anilines is 1.